The predicted octanol–water partition coefficient (Wildman–Crippen LogP) is 23.8. The third-order valence-corrected chi connectivity index (χ3v) is 15.9. The highest BCUT2D eigenvalue weighted by molar-refractivity contribution is 5.71. The van der Waals surface area contributed by atoms with Gasteiger partial charge in [-0.3, -0.25) is 14.4 Å². The molecule has 0 aliphatic rings. The minimum absolute atomic E-state index is 0.0658. The van der Waals surface area contributed by atoms with Gasteiger partial charge < -0.3 is 14.2 Å². The van der Waals surface area contributed by atoms with Gasteiger partial charge in [0.1, 0.15) is 13.2 Å². The Morgan fingerprint density at radius 2 is 0.429 bits per heavy atom. The summed E-state index contributed by atoms with van der Waals surface area (Å²) in [6, 6.07) is 0. The highest BCUT2D eigenvalue weighted by atomic mass is 16.6. The predicted molar refractivity (Wildman–Crippen MR) is 335 cm³/mol. The molecule has 0 aromatic rings. The largest absolute Gasteiger partial charge is 0.462 e. The van der Waals surface area contributed by atoms with Crippen molar-refractivity contribution in [2.45, 2.75) is 399 Å². The maximum Gasteiger partial charge on any atom is 0.306 e. The molecule has 1 unspecified atom stereocenters. The normalized spacial score (nSPS) is 12.1. The summed E-state index contributed by atoms with van der Waals surface area (Å²) in [5, 5.41) is 0. The van der Waals surface area contributed by atoms with Crippen LogP contribution in [0.25, 0.3) is 0 Å². The van der Waals surface area contributed by atoms with E-state index in [0.29, 0.717) is 19.3 Å². The van der Waals surface area contributed by atoms with E-state index in [9.17, 15) is 14.4 Å². The van der Waals surface area contributed by atoms with Crippen LogP contribution in [-0.4, -0.2) is 37.2 Å². The molecule has 0 saturated carbocycles. The topological polar surface area (TPSA) is 78.9 Å². The van der Waals surface area contributed by atoms with E-state index < -0.39 is 6.10 Å². The van der Waals surface area contributed by atoms with Gasteiger partial charge in [-0.25, -0.2) is 0 Å². The summed E-state index contributed by atoms with van der Waals surface area (Å²) < 4.78 is 16.9. The highest BCUT2D eigenvalue weighted by Crippen LogP contribution is 2.18. The number of carbonyl (C=O) groups is 3. The van der Waals surface area contributed by atoms with E-state index in [1.165, 1.54) is 295 Å². The Morgan fingerprint density at radius 1 is 0.247 bits per heavy atom. The number of carbonyl (C=O) groups excluding carboxylic acids is 3. The van der Waals surface area contributed by atoms with E-state index in [4.69, 9.17) is 14.2 Å². The Balaban J connectivity index is 4.11. The summed E-state index contributed by atoms with van der Waals surface area (Å²) in [6.45, 7) is 6.69. The Hall–Kier alpha value is -2.11. The monoisotopic (exact) mass is 1080 g/mol. The first kappa shape index (κ1) is 74.9. The Morgan fingerprint density at radius 3 is 0.649 bits per heavy atom. The molecule has 0 rings (SSSR count). The van der Waals surface area contributed by atoms with Crippen molar-refractivity contribution in [3.63, 3.8) is 0 Å². The third kappa shape index (κ3) is 64.6. The fourth-order valence-electron chi connectivity index (χ4n) is 10.7. The molecule has 0 aromatic carbocycles. The van der Waals surface area contributed by atoms with Crippen molar-refractivity contribution in [2.24, 2.45) is 0 Å². The van der Waals surface area contributed by atoms with Crippen molar-refractivity contribution in [1.82, 2.24) is 0 Å². The van der Waals surface area contributed by atoms with E-state index in [0.717, 1.165) is 57.8 Å². The highest BCUT2D eigenvalue weighted by Gasteiger charge is 2.19. The van der Waals surface area contributed by atoms with E-state index in [1.807, 2.05) is 0 Å². The molecule has 454 valence electrons. The molecule has 0 amide bonds. The lowest BCUT2D eigenvalue weighted by Gasteiger charge is -2.18. The summed E-state index contributed by atoms with van der Waals surface area (Å²) in [7, 11) is 0. The molecule has 6 heteroatoms. The molecule has 1 atom stereocenters. The minimum Gasteiger partial charge on any atom is -0.462 e. The second kappa shape index (κ2) is 66.4. The average Bonchev–Trinajstić information content (AvgIpc) is 3.43. The summed E-state index contributed by atoms with van der Waals surface area (Å²) in [4.78, 5) is 38.3. The van der Waals surface area contributed by atoms with Crippen LogP contribution >= 0.6 is 0 Å². The van der Waals surface area contributed by atoms with Crippen molar-refractivity contribution in [2.75, 3.05) is 13.2 Å². The molecule has 0 fully saturated rings. The standard InChI is InChI=1S/C71H134O6/c1-4-7-10-13-16-19-21-23-25-27-29-31-33-34-35-36-38-39-41-43-45-47-49-52-55-58-61-64-70(73)76-67-68(66-75-69(72)63-60-57-54-51-18-15-12-9-6-3)77-71(74)65-62-59-56-53-50-48-46-44-42-40-37-32-30-28-26-24-22-20-17-14-11-8-5-2/h27-30,68H,4-26,31-67H2,1-3H3/b29-27-,30-28-. The SMILES string of the molecule is CCCCCCCCCC/C=C\CCCCCCCCCCCCCCCCCC(=O)OCC(COC(=O)CCCCCCCCCCC)OC(=O)CCCCCCCCCCCCC/C=C\CCCCCCCCCC. The Kier molecular flexibility index (Phi) is 64.6. The quantitative estimate of drug-likeness (QED) is 0.0261. The van der Waals surface area contributed by atoms with Crippen molar-refractivity contribution in [3.8, 4) is 0 Å². The number of allylic oxidation sites excluding steroid dienone is 4. The smallest absolute Gasteiger partial charge is 0.306 e. The molecule has 0 heterocycles. The lowest BCUT2D eigenvalue weighted by atomic mass is 10.0. The van der Waals surface area contributed by atoms with Crippen LogP contribution in [0, 0.1) is 0 Å². The van der Waals surface area contributed by atoms with Crippen molar-refractivity contribution in [3.05, 3.63) is 24.3 Å². The third-order valence-electron chi connectivity index (χ3n) is 15.9. The molecule has 0 saturated heterocycles. The van der Waals surface area contributed by atoms with Gasteiger partial charge in [-0.2, -0.15) is 0 Å². The van der Waals surface area contributed by atoms with Gasteiger partial charge in [0.05, 0.1) is 0 Å². The zero-order valence-corrected chi connectivity index (χ0v) is 52.3. The molecular formula is C71H134O6. The van der Waals surface area contributed by atoms with E-state index in [1.54, 1.807) is 0 Å². The van der Waals surface area contributed by atoms with Gasteiger partial charge in [0.25, 0.3) is 0 Å². The van der Waals surface area contributed by atoms with Crippen LogP contribution in [0.5, 0.6) is 0 Å². The molecule has 6 nitrogen and oxygen atoms in total. The van der Waals surface area contributed by atoms with Crippen LogP contribution in [0.2, 0.25) is 0 Å². The van der Waals surface area contributed by atoms with E-state index >= 15 is 0 Å². The number of ether oxygens (including phenoxy) is 3. The van der Waals surface area contributed by atoms with Gasteiger partial charge in [0.2, 0.25) is 0 Å². The second-order valence-corrected chi connectivity index (χ2v) is 23.8. The zero-order chi connectivity index (χ0) is 55.7. The summed E-state index contributed by atoms with van der Waals surface area (Å²) in [6.07, 6.45) is 80.8. The molecule has 0 aliphatic heterocycles. The van der Waals surface area contributed by atoms with Crippen LogP contribution in [0.4, 0.5) is 0 Å². The molecule has 0 spiro atoms. The molecule has 0 aromatic heterocycles. The van der Waals surface area contributed by atoms with Gasteiger partial charge in [-0.05, 0) is 70.6 Å². The van der Waals surface area contributed by atoms with Crippen molar-refractivity contribution >= 4 is 17.9 Å². The Bertz CT molecular complexity index is 1240. The van der Waals surface area contributed by atoms with Gasteiger partial charge >= 0.3 is 17.9 Å². The van der Waals surface area contributed by atoms with Crippen molar-refractivity contribution in [1.29, 1.82) is 0 Å². The number of hydrogen-bond acceptors (Lipinski definition) is 6. The summed E-state index contributed by atoms with van der Waals surface area (Å²) in [5.74, 6) is -0.841. The van der Waals surface area contributed by atoms with Crippen LogP contribution in [0.15, 0.2) is 24.3 Å². The fraction of sp³-hybridized carbons (Fsp3) is 0.901. The second-order valence-electron chi connectivity index (χ2n) is 23.8. The molecule has 0 bridgehead atoms. The lowest BCUT2D eigenvalue weighted by molar-refractivity contribution is -0.167. The molecule has 77 heavy (non-hydrogen) atoms. The summed E-state index contributed by atoms with van der Waals surface area (Å²) in [5.41, 5.74) is 0. The zero-order valence-electron chi connectivity index (χ0n) is 52.3. The number of unbranched alkanes of at least 4 members (excludes halogenated alkanes) is 50. The number of hydrogen-bond donors (Lipinski definition) is 0. The van der Waals surface area contributed by atoms with E-state index in [-0.39, 0.29) is 31.1 Å². The van der Waals surface area contributed by atoms with Crippen LogP contribution < -0.4 is 0 Å². The molecule has 0 N–H and O–H groups in total. The van der Waals surface area contributed by atoms with Gasteiger partial charge in [-0.15, -0.1) is 0 Å². The van der Waals surface area contributed by atoms with Gasteiger partial charge in [0.15, 0.2) is 6.10 Å². The Labute approximate surface area is 481 Å². The maximum absolute atomic E-state index is 12.9. The number of rotatable bonds is 65. The molecular weight excluding hydrogens is 949 g/mol. The summed E-state index contributed by atoms with van der Waals surface area (Å²) >= 11 is 0. The number of esters is 3. The first-order valence-corrected chi connectivity index (χ1v) is 34.8. The van der Waals surface area contributed by atoms with E-state index in [2.05, 4.69) is 45.1 Å². The van der Waals surface area contributed by atoms with Crippen molar-refractivity contribution < 1.29 is 28.6 Å². The van der Waals surface area contributed by atoms with Crippen LogP contribution in [-0.2, 0) is 28.6 Å². The van der Waals surface area contributed by atoms with Gasteiger partial charge in [0, 0.05) is 19.3 Å². The van der Waals surface area contributed by atoms with Crippen LogP contribution in [0.3, 0.4) is 0 Å². The fourth-order valence-corrected chi connectivity index (χ4v) is 10.7. The van der Waals surface area contributed by atoms with Gasteiger partial charge in [-0.1, -0.05) is 328 Å². The first-order valence-electron chi connectivity index (χ1n) is 34.8. The average molecular weight is 1080 g/mol. The lowest BCUT2D eigenvalue weighted by Crippen LogP contribution is -2.30. The molecule has 0 radical (unpaired) electrons. The molecule has 0 aliphatic carbocycles. The maximum atomic E-state index is 12.9. The first-order chi connectivity index (χ1) is 38.0. The minimum atomic E-state index is -0.767. The van der Waals surface area contributed by atoms with Crippen LogP contribution in [0.1, 0.15) is 393 Å².